The first-order chi connectivity index (χ1) is 8.02. The first-order valence-corrected chi connectivity index (χ1v) is 5.49. The summed E-state index contributed by atoms with van der Waals surface area (Å²) in [6, 6.07) is 5.97. The summed E-state index contributed by atoms with van der Waals surface area (Å²) in [4.78, 5) is 11.7. The van der Waals surface area contributed by atoms with Crippen LogP contribution in [-0.4, -0.2) is 23.1 Å². The maximum atomic E-state index is 11.7. The number of aromatic hydroxyl groups is 1. The summed E-state index contributed by atoms with van der Waals surface area (Å²) in [5.74, 6) is -0.00229. The number of carbonyl (C=O) groups excluding carboxylic acids is 1. The van der Waals surface area contributed by atoms with Crippen molar-refractivity contribution in [2.45, 2.75) is 25.4 Å². The number of rotatable bonds is 5. The monoisotopic (exact) mass is 234 g/mol. The Labute approximate surface area is 101 Å². The first-order valence-electron chi connectivity index (χ1n) is 5.49. The van der Waals surface area contributed by atoms with Crippen LogP contribution in [-0.2, 0) is 11.2 Å². The predicted octanol–water partition coefficient (Wildman–Crippen LogP) is 0.953. The lowest BCUT2D eigenvalue weighted by Crippen LogP contribution is -2.44. The molecule has 1 aromatic carbocycles. The molecule has 4 heteroatoms. The molecule has 0 saturated heterocycles. The fourth-order valence-electron chi connectivity index (χ4n) is 1.37. The van der Waals surface area contributed by atoms with E-state index in [0.29, 0.717) is 6.42 Å². The number of benzene rings is 1. The minimum absolute atomic E-state index is 0.0895. The van der Waals surface area contributed by atoms with E-state index in [-0.39, 0.29) is 17.7 Å². The molecule has 0 aromatic heterocycles. The van der Waals surface area contributed by atoms with Gasteiger partial charge in [-0.2, -0.15) is 0 Å². The average Bonchev–Trinajstić information content (AvgIpc) is 2.31. The highest BCUT2D eigenvalue weighted by Crippen LogP contribution is 2.10. The molecular formula is C13H18N2O2. The lowest BCUT2D eigenvalue weighted by atomic mass is 10.1. The molecule has 4 nitrogen and oxygen atoms in total. The number of carbonyl (C=O) groups is 1. The van der Waals surface area contributed by atoms with Crippen molar-refractivity contribution in [1.82, 2.24) is 5.32 Å². The molecule has 2 atom stereocenters. The van der Waals surface area contributed by atoms with Crippen LogP contribution < -0.4 is 11.1 Å². The Morgan fingerprint density at radius 3 is 2.65 bits per heavy atom. The number of nitrogens with one attached hydrogen (secondary N) is 1. The van der Waals surface area contributed by atoms with E-state index in [4.69, 9.17) is 10.8 Å². The Hall–Kier alpha value is -1.81. The van der Waals surface area contributed by atoms with Crippen molar-refractivity contribution in [2.75, 3.05) is 0 Å². The van der Waals surface area contributed by atoms with Gasteiger partial charge in [0.25, 0.3) is 0 Å². The fraction of sp³-hybridized carbons (Fsp3) is 0.308. The normalized spacial score (nSPS) is 13.8. The summed E-state index contributed by atoms with van der Waals surface area (Å²) >= 11 is 0. The second kappa shape index (κ2) is 6.06. The summed E-state index contributed by atoms with van der Waals surface area (Å²) in [6.45, 7) is 5.41. The molecule has 0 aliphatic heterocycles. The zero-order chi connectivity index (χ0) is 12.8. The molecule has 17 heavy (non-hydrogen) atoms. The van der Waals surface area contributed by atoms with E-state index in [0.717, 1.165) is 5.56 Å². The van der Waals surface area contributed by atoms with Crippen molar-refractivity contribution in [3.63, 3.8) is 0 Å². The zero-order valence-corrected chi connectivity index (χ0v) is 9.89. The van der Waals surface area contributed by atoms with E-state index in [1.54, 1.807) is 30.3 Å². The molecule has 0 bridgehead atoms. The fourth-order valence-corrected chi connectivity index (χ4v) is 1.37. The molecule has 1 amide bonds. The SMILES string of the molecule is C=CC(C)NC(=O)[C@@H](N)Cc1ccc(O)cc1. The lowest BCUT2D eigenvalue weighted by Gasteiger charge is -2.15. The molecule has 0 saturated carbocycles. The molecule has 1 rings (SSSR count). The van der Waals surface area contributed by atoms with Crippen LogP contribution in [0.3, 0.4) is 0 Å². The highest BCUT2D eigenvalue weighted by Gasteiger charge is 2.14. The summed E-state index contributed by atoms with van der Waals surface area (Å²) in [7, 11) is 0. The Morgan fingerprint density at radius 1 is 1.53 bits per heavy atom. The molecule has 0 radical (unpaired) electrons. The minimum Gasteiger partial charge on any atom is -0.508 e. The van der Waals surface area contributed by atoms with Crippen LogP contribution >= 0.6 is 0 Å². The van der Waals surface area contributed by atoms with Gasteiger partial charge in [0.15, 0.2) is 0 Å². The van der Waals surface area contributed by atoms with Gasteiger partial charge in [0, 0.05) is 6.04 Å². The number of nitrogens with two attached hydrogens (primary N) is 1. The third-order valence-electron chi connectivity index (χ3n) is 2.45. The summed E-state index contributed by atoms with van der Waals surface area (Å²) in [5, 5.41) is 11.9. The molecule has 0 aliphatic carbocycles. The van der Waals surface area contributed by atoms with E-state index in [1.165, 1.54) is 0 Å². The standard InChI is InChI=1S/C13H18N2O2/c1-3-9(2)15-13(17)12(14)8-10-4-6-11(16)7-5-10/h3-7,9,12,16H,1,8,14H2,2H3,(H,15,17)/t9?,12-/m0/s1. The van der Waals surface area contributed by atoms with Crippen molar-refractivity contribution in [2.24, 2.45) is 5.73 Å². The summed E-state index contributed by atoms with van der Waals surface area (Å²) in [5.41, 5.74) is 6.70. The zero-order valence-electron chi connectivity index (χ0n) is 9.89. The molecule has 1 aromatic rings. The van der Waals surface area contributed by atoms with Crippen LogP contribution in [0.1, 0.15) is 12.5 Å². The summed E-state index contributed by atoms with van der Waals surface area (Å²) in [6.07, 6.45) is 2.08. The highest BCUT2D eigenvalue weighted by atomic mass is 16.3. The Bertz CT molecular complexity index is 387. The first kappa shape index (κ1) is 13.3. The maximum absolute atomic E-state index is 11.7. The predicted molar refractivity (Wildman–Crippen MR) is 67.6 cm³/mol. The molecule has 92 valence electrons. The third-order valence-corrected chi connectivity index (χ3v) is 2.45. The van der Waals surface area contributed by atoms with Crippen LogP contribution in [0.15, 0.2) is 36.9 Å². The molecule has 0 spiro atoms. The van der Waals surface area contributed by atoms with E-state index < -0.39 is 6.04 Å². The van der Waals surface area contributed by atoms with Gasteiger partial charge in [-0.1, -0.05) is 18.2 Å². The highest BCUT2D eigenvalue weighted by molar-refractivity contribution is 5.82. The van der Waals surface area contributed by atoms with E-state index in [9.17, 15) is 4.79 Å². The van der Waals surface area contributed by atoms with Crippen LogP contribution in [0.5, 0.6) is 5.75 Å². The van der Waals surface area contributed by atoms with Gasteiger partial charge in [-0.25, -0.2) is 0 Å². The minimum atomic E-state index is -0.595. The van der Waals surface area contributed by atoms with E-state index >= 15 is 0 Å². The Balaban J connectivity index is 2.53. The number of phenolic OH excluding ortho intramolecular Hbond substituents is 1. The Kier molecular flexibility index (Phi) is 4.72. The van der Waals surface area contributed by atoms with Crippen molar-refractivity contribution in [1.29, 1.82) is 0 Å². The van der Waals surface area contributed by atoms with Crippen molar-refractivity contribution in [3.8, 4) is 5.75 Å². The van der Waals surface area contributed by atoms with Crippen LogP contribution in [0.2, 0.25) is 0 Å². The van der Waals surface area contributed by atoms with Crippen molar-refractivity contribution >= 4 is 5.91 Å². The topological polar surface area (TPSA) is 75.4 Å². The smallest absolute Gasteiger partial charge is 0.237 e. The van der Waals surface area contributed by atoms with Crippen LogP contribution in [0.25, 0.3) is 0 Å². The molecule has 0 heterocycles. The largest absolute Gasteiger partial charge is 0.508 e. The third kappa shape index (κ3) is 4.28. The second-order valence-corrected chi connectivity index (χ2v) is 4.01. The van der Waals surface area contributed by atoms with Crippen molar-refractivity contribution in [3.05, 3.63) is 42.5 Å². The molecule has 0 fully saturated rings. The number of phenols is 1. The van der Waals surface area contributed by atoms with Crippen molar-refractivity contribution < 1.29 is 9.90 Å². The van der Waals surface area contributed by atoms with Crippen LogP contribution in [0.4, 0.5) is 0 Å². The molecule has 1 unspecified atom stereocenters. The van der Waals surface area contributed by atoms with Gasteiger partial charge in [-0.05, 0) is 31.0 Å². The van der Waals surface area contributed by atoms with Gasteiger partial charge in [0.2, 0.25) is 5.91 Å². The Morgan fingerprint density at radius 2 is 2.12 bits per heavy atom. The number of hydrogen-bond acceptors (Lipinski definition) is 3. The molecular weight excluding hydrogens is 216 g/mol. The quantitative estimate of drug-likeness (QED) is 0.664. The van der Waals surface area contributed by atoms with Crippen LogP contribution in [0, 0.1) is 0 Å². The summed E-state index contributed by atoms with van der Waals surface area (Å²) < 4.78 is 0. The maximum Gasteiger partial charge on any atom is 0.237 e. The van der Waals surface area contributed by atoms with Gasteiger partial charge in [0.1, 0.15) is 5.75 Å². The second-order valence-electron chi connectivity index (χ2n) is 4.01. The number of hydrogen-bond donors (Lipinski definition) is 3. The van der Waals surface area contributed by atoms with E-state index in [1.807, 2.05) is 6.92 Å². The van der Waals surface area contributed by atoms with E-state index in [2.05, 4.69) is 11.9 Å². The van der Waals surface area contributed by atoms with Gasteiger partial charge in [-0.15, -0.1) is 6.58 Å². The molecule has 4 N–H and O–H groups in total. The lowest BCUT2D eigenvalue weighted by molar-refractivity contribution is -0.122. The average molecular weight is 234 g/mol. The van der Waals surface area contributed by atoms with Gasteiger partial charge < -0.3 is 16.2 Å². The molecule has 0 aliphatic rings. The number of amides is 1. The van der Waals surface area contributed by atoms with Gasteiger partial charge in [0.05, 0.1) is 6.04 Å². The van der Waals surface area contributed by atoms with Gasteiger partial charge >= 0.3 is 0 Å². The van der Waals surface area contributed by atoms with Gasteiger partial charge in [-0.3, -0.25) is 4.79 Å².